The van der Waals surface area contributed by atoms with Crippen LogP contribution in [0.4, 0.5) is 5.69 Å². The Morgan fingerprint density at radius 3 is 2.62 bits per heavy atom. The summed E-state index contributed by atoms with van der Waals surface area (Å²) < 4.78 is 11.7. The number of carbonyl (C=O) groups is 1. The van der Waals surface area contributed by atoms with E-state index in [1.807, 2.05) is 4.90 Å². The third-order valence-electron chi connectivity index (χ3n) is 5.98. The van der Waals surface area contributed by atoms with Crippen LogP contribution in [-0.4, -0.2) is 56.6 Å². The van der Waals surface area contributed by atoms with Crippen LogP contribution in [-0.2, 0) is 4.43 Å². The van der Waals surface area contributed by atoms with Crippen molar-refractivity contribution in [3.8, 4) is 11.5 Å². The Labute approximate surface area is 156 Å². The first-order valence-corrected chi connectivity index (χ1v) is 12.1. The van der Waals surface area contributed by atoms with Gasteiger partial charge >= 0.3 is 0 Å². The van der Waals surface area contributed by atoms with Gasteiger partial charge in [-0.05, 0) is 30.6 Å². The predicted octanol–water partition coefficient (Wildman–Crippen LogP) is 3.43. The maximum atomic E-state index is 13.1. The van der Waals surface area contributed by atoms with E-state index in [9.17, 15) is 9.90 Å². The molecule has 7 heteroatoms. The summed E-state index contributed by atoms with van der Waals surface area (Å²) in [5.74, 6) is 0.313. The van der Waals surface area contributed by atoms with Gasteiger partial charge in [-0.2, -0.15) is 0 Å². The Kier molecular flexibility index (Phi) is 4.73. The van der Waals surface area contributed by atoms with Gasteiger partial charge in [-0.3, -0.25) is 4.79 Å². The summed E-state index contributed by atoms with van der Waals surface area (Å²) in [6, 6.07) is 3.28. The number of hydrogen-bond donors (Lipinski definition) is 2. The van der Waals surface area contributed by atoms with Gasteiger partial charge in [0.1, 0.15) is 0 Å². The minimum atomic E-state index is -1.87. The molecule has 0 saturated carbocycles. The van der Waals surface area contributed by atoms with Crippen molar-refractivity contribution in [1.29, 1.82) is 0 Å². The maximum absolute atomic E-state index is 13.1. The van der Waals surface area contributed by atoms with Crippen LogP contribution in [0, 0.1) is 0 Å². The topological polar surface area (TPSA) is 71.0 Å². The van der Waals surface area contributed by atoms with Crippen LogP contribution in [0.3, 0.4) is 0 Å². The molecular weight excluding hydrogens is 348 g/mol. The summed E-state index contributed by atoms with van der Waals surface area (Å²) >= 11 is 0. The number of carbonyl (C=O) groups excluding carboxylic acids is 1. The van der Waals surface area contributed by atoms with Crippen LogP contribution >= 0.6 is 0 Å². The summed E-state index contributed by atoms with van der Waals surface area (Å²) in [5, 5.41) is 13.4. The van der Waals surface area contributed by atoms with Crippen LogP contribution in [0.5, 0.6) is 11.5 Å². The first kappa shape index (κ1) is 19.0. The minimum absolute atomic E-state index is 0.0327. The molecule has 0 spiro atoms. The highest BCUT2D eigenvalue weighted by molar-refractivity contribution is 6.74. The van der Waals surface area contributed by atoms with Crippen molar-refractivity contribution in [2.45, 2.75) is 57.5 Å². The van der Waals surface area contributed by atoms with Crippen molar-refractivity contribution < 1.29 is 19.1 Å². The molecule has 1 amide bonds. The molecule has 6 nitrogen and oxygen atoms in total. The van der Waals surface area contributed by atoms with E-state index in [2.05, 4.69) is 39.2 Å². The molecule has 1 aromatic rings. The number of phenols is 1. The number of phenolic OH excluding ortho intramolecular Hbond substituents is 1. The van der Waals surface area contributed by atoms with Gasteiger partial charge in [0, 0.05) is 19.2 Å². The SMILES string of the molecule is COc1cc2c(cc1O)NC[C@@H]1C[C@H](O[Si](C)(C)C(C)(C)C)CN1C2=O. The molecule has 2 atom stereocenters. The van der Waals surface area contributed by atoms with Crippen molar-refractivity contribution in [2.75, 3.05) is 25.5 Å². The lowest BCUT2D eigenvalue weighted by atomic mass is 10.1. The Morgan fingerprint density at radius 1 is 1.31 bits per heavy atom. The number of nitrogens with one attached hydrogen (secondary N) is 1. The van der Waals surface area contributed by atoms with Crippen LogP contribution in [0.2, 0.25) is 18.1 Å². The first-order valence-electron chi connectivity index (χ1n) is 9.17. The Morgan fingerprint density at radius 2 is 2.00 bits per heavy atom. The zero-order chi connectivity index (χ0) is 19.3. The lowest BCUT2D eigenvalue weighted by Crippen LogP contribution is -2.44. The highest BCUT2D eigenvalue weighted by Gasteiger charge is 2.44. The van der Waals surface area contributed by atoms with E-state index in [0.717, 1.165) is 6.42 Å². The Hall–Kier alpha value is -1.73. The lowest BCUT2D eigenvalue weighted by molar-refractivity contribution is 0.0731. The number of anilines is 1. The molecule has 2 aliphatic heterocycles. The number of amides is 1. The minimum Gasteiger partial charge on any atom is -0.504 e. The molecule has 3 rings (SSSR count). The van der Waals surface area contributed by atoms with Gasteiger partial charge in [-0.1, -0.05) is 20.8 Å². The maximum Gasteiger partial charge on any atom is 0.256 e. The Balaban J connectivity index is 1.82. The van der Waals surface area contributed by atoms with E-state index in [-0.39, 0.29) is 28.8 Å². The average Bonchev–Trinajstić information content (AvgIpc) is 2.88. The molecule has 0 aliphatic carbocycles. The molecule has 2 heterocycles. The van der Waals surface area contributed by atoms with Crippen LogP contribution in [0.1, 0.15) is 37.6 Å². The summed E-state index contributed by atoms with van der Waals surface area (Å²) in [7, 11) is -0.390. The van der Waals surface area contributed by atoms with E-state index in [0.29, 0.717) is 30.1 Å². The quantitative estimate of drug-likeness (QED) is 0.789. The highest BCUT2D eigenvalue weighted by Crippen LogP contribution is 2.40. The molecule has 0 bridgehead atoms. The average molecular weight is 379 g/mol. The standard InChI is InChI=1S/C19H30N2O4Si/c1-19(2,3)26(5,6)25-13-7-12-10-20-15-9-16(22)17(24-4)8-14(15)18(23)21(12)11-13/h8-9,12-13,20,22H,7,10-11H2,1-6H3/t12-,13-/m0/s1. The van der Waals surface area contributed by atoms with E-state index >= 15 is 0 Å². The highest BCUT2D eigenvalue weighted by atomic mass is 28.4. The van der Waals surface area contributed by atoms with Crippen molar-refractivity contribution in [1.82, 2.24) is 4.90 Å². The van der Waals surface area contributed by atoms with Gasteiger partial charge in [-0.25, -0.2) is 0 Å². The normalized spacial score (nSPS) is 23.2. The molecule has 1 fully saturated rings. The smallest absolute Gasteiger partial charge is 0.256 e. The van der Waals surface area contributed by atoms with E-state index in [1.54, 1.807) is 12.1 Å². The zero-order valence-electron chi connectivity index (χ0n) is 16.5. The van der Waals surface area contributed by atoms with E-state index in [1.165, 1.54) is 7.11 Å². The second-order valence-electron chi connectivity index (χ2n) is 8.80. The molecule has 144 valence electrons. The number of fused-ring (bicyclic) bond motifs is 2. The molecule has 26 heavy (non-hydrogen) atoms. The molecule has 0 aromatic heterocycles. The van der Waals surface area contributed by atoms with Gasteiger partial charge < -0.3 is 24.5 Å². The second kappa shape index (κ2) is 6.46. The summed E-state index contributed by atoms with van der Waals surface area (Å²) in [4.78, 5) is 15.0. The molecule has 2 N–H and O–H groups in total. The number of benzene rings is 1. The largest absolute Gasteiger partial charge is 0.504 e. The van der Waals surface area contributed by atoms with E-state index in [4.69, 9.17) is 9.16 Å². The molecule has 1 saturated heterocycles. The number of rotatable bonds is 3. The Bertz CT molecular complexity index is 714. The van der Waals surface area contributed by atoms with Gasteiger partial charge in [0.15, 0.2) is 19.8 Å². The van der Waals surface area contributed by atoms with Crippen LogP contribution < -0.4 is 10.1 Å². The molecule has 0 unspecified atom stereocenters. The number of ether oxygens (including phenoxy) is 1. The van der Waals surface area contributed by atoms with Crippen molar-refractivity contribution in [3.05, 3.63) is 17.7 Å². The van der Waals surface area contributed by atoms with Crippen molar-refractivity contribution >= 4 is 19.9 Å². The van der Waals surface area contributed by atoms with E-state index < -0.39 is 8.32 Å². The first-order chi connectivity index (χ1) is 12.0. The lowest BCUT2D eigenvalue weighted by Gasteiger charge is -2.38. The third-order valence-corrected chi connectivity index (χ3v) is 10.5. The predicted molar refractivity (Wildman–Crippen MR) is 105 cm³/mol. The molecule has 0 radical (unpaired) electrons. The fourth-order valence-corrected chi connectivity index (χ4v) is 4.79. The zero-order valence-corrected chi connectivity index (χ0v) is 17.5. The number of hydrogen-bond acceptors (Lipinski definition) is 5. The third kappa shape index (κ3) is 3.30. The second-order valence-corrected chi connectivity index (χ2v) is 13.6. The molecular formula is C19H30N2O4Si. The number of nitrogens with zero attached hydrogens (tertiary/aromatic N) is 1. The fourth-order valence-electron chi connectivity index (χ4n) is 3.43. The summed E-state index contributed by atoms with van der Waals surface area (Å²) in [5.41, 5.74) is 1.19. The molecule has 1 aromatic carbocycles. The number of methoxy groups -OCH3 is 1. The van der Waals surface area contributed by atoms with Crippen LogP contribution in [0.15, 0.2) is 12.1 Å². The van der Waals surface area contributed by atoms with Gasteiger partial charge in [-0.15, -0.1) is 0 Å². The fraction of sp³-hybridized carbons (Fsp3) is 0.632. The monoisotopic (exact) mass is 378 g/mol. The van der Waals surface area contributed by atoms with Crippen molar-refractivity contribution in [3.63, 3.8) is 0 Å². The molecule has 2 aliphatic rings. The van der Waals surface area contributed by atoms with Gasteiger partial charge in [0.25, 0.3) is 5.91 Å². The summed E-state index contributed by atoms with van der Waals surface area (Å²) in [6.07, 6.45) is 0.912. The number of aromatic hydroxyl groups is 1. The van der Waals surface area contributed by atoms with Crippen LogP contribution in [0.25, 0.3) is 0 Å². The van der Waals surface area contributed by atoms with Gasteiger partial charge in [0.2, 0.25) is 0 Å². The van der Waals surface area contributed by atoms with Gasteiger partial charge in [0.05, 0.1) is 30.5 Å². The van der Waals surface area contributed by atoms with Crippen molar-refractivity contribution in [2.24, 2.45) is 0 Å². The summed E-state index contributed by atoms with van der Waals surface area (Å²) in [6.45, 7) is 12.5.